The molecule has 2 atom stereocenters. The maximum Gasteiger partial charge on any atom is 0.191 e. The summed E-state index contributed by atoms with van der Waals surface area (Å²) in [5.74, 6) is 0.0117. The number of nitriles is 3. The molecule has 0 unspecified atom stereocenters. The van der Waals surface area contributed by atoms with E-state index in [1.807, 2.05) is 42.5 Å². The molecule has 0 spiro atoms. The van der Waals surface area contributed by atoms with Crippen molar-refractivity contribution in [1.82, 2.24) is 4.90 Å². The van der Waals surface area contributed by atoms with Gasteiger partial charge in [0.15, 0.2) is 5.41 Å². The molecule has 4 rings (SSSR count). The predicted molar refractivity (Wildman–Crippen MR) is 122 cm³/mol. The van der Waals surface area contributed by atoms with Crippen molar-refractivity contribution in [3.05, 3.63) is 64.9 Å². The molecule has 160 valence electrons. The minimum atomic E-state index is -1.64. The van der Waals surface area contributed by atoms with Gasteiger partial charge in [-0.2, -0.15) is 15.8 Å². The largest absolute Gasteiger partial charge is 0.496 e. The first-order valence-electron chi connectivity index (χ1n) is 10.8. The van der Waals surface area contributed by atoms with E-state index in [0.29, 0.717) is 6.54 Å². The Morgan fingerprint density at radius 1 is 1.12 bits per heavy atom. The lowest BCUT2D eigenvalue weighted by Gasteiger charge is -2.46. The second kappa shape index (κ2) is 8.39. The number of fused-ring (bicyclic) bond motifs is 2. The maximum absolute atomic E-state index is 10.3. The second-order valence-electron chi connectivity index (χ2n) is 8.34. The third kappa shape index (κ3) is 3.02. The van der Waals surface area contributed by atoms with E-state index in [1.165, 1.54) is 0 Å². The minimum absolute atomic E-state index is 0.0568. The first-order chi connectivity index (χ1) is 15.6. The standard InChI is InChI=1S/C26H25N5O/c1-3-11-31-12-10-18-21(13-27)25(30)26(15-28,16-29)24(22(18)14-31)20-8-9-23(32-2)19-7-5-4-6-17(19)20/h4-10,22,24H,3,11-12,14,30H2,1-2H3/t22-,24+/m0/s1. The van der Waals surface area contributed by atoms with Crippen LogP contribution in [0.1, 0.15) is 24.8 Å². The van der Waals surface area contributed by atoms with Crippen LogP contribution in [-0.4, -0.2) is 31.6 Å². The summed E-state index contributed by atoms with van der Waals surface area (Å²) < 4.78 is 5.56. The third-order valence-electron chi connectivity index (χ3n) is 6.75. The number of rotatable bonds is 4. The molecule has 0 aromatic heterocycles. The van der Waals surface area contributed by atoms with Gasteiger partial charge < -0.3 is 10.5 Å². The molecule has 2 aromatic carbocycles. The Kier molecular flexibility index (Phi) is 5.62. The van der Waals surface area contributed by atoms with Crippen molar-refractivity contribution in [3.8, 4) is 24.0 Å². The van der Waals surface area contributed by atoms with Crippen LogP contribution >= 0.6 is 0 Å². The maximum atomic E-state index is 10.3. The van der Waals surface area contributed by atoms with Crippen molar-refractivity contribution in [2.24, 2.45) is 17.1 Å². The highest BCUT2D eigenvalue weighted by atomic mass is 16.5. The number of benzene rings is 2. The molecule has 1 heterocycles. The smallest absolute Gasteiger partial charge is 0.191 e. The van der Waals surface area contributed by atoms with Crippen molar-refractivity contribution in [3.63, 3.8) is 0 Å². The summed E-state index contributed by atoms with van der Waals surface area (Å²) in [5.41, 5.74) is 6.87. The molecule has 0 radical (unpaired) electrons. The van der Waals surface area contributed by atoms with E-state index in [-0.39, 0.29) is 17.2 Å². The monoisotopic (exact) mass is 423 g/mol. The normalized spacial score (nSPS) is 22.3. The summed E-state index contributed by atoms with van der Waals surface area (Å²) in [5, 5.41) is 32.4. The van der Waals surface area contributed by atoms with Crippen LogP contribution in [0, 0.1) is 45.3 Å². The van der Waals surface area contributed by atoms with E-state index in [1.54, 1.807) is 7.11 Å². The van der Waals surface area contributed by atoms with Gasteiger partial charge in [-0.1, -0.05) is 43.3 Å². The van der Waals surface area contributed by atoms with Crippen LogP contribution in [0.25, 0.3) is 10.8 Å². The van der Waals surface area contributed by atoms with Crippen LogP contribution in [0.4, 0.5) is 0 Å². The minimum Gasteiger partial charge on any atom is -0.496 e. The Hall–Kier alpha value is -3.79. The Balaban J connectivity index is 2.05. The average Bonchev–Trinajstić information content (AvgIpc) is 2.83. The van der Waals surface area contributed by atoms with Gasteiger partial charge in [0, 0.05) is 30.3 Å². The number of hydrogen-bond acceptors (Lipinski definition) is 6. The molecular formula is C26H25N5O. The molecule has 32 heavy (non-hydrogen) atoms. The summed E-state index contributed by atoms with van der Waals surface area (Å²) >= 11 is 0. The third-order valence-corrected chi connectivity index (χ3v) is 6.75. The Morgan fingerprint density at radius 2 is 1.84 bits per heavy atom. The molecule has 6 heteroatoms. The number of ether oxygens (including phenoxy) is 1. The fourth-order valence-corrected chi connectivity index (χ4v) is 5.33. The van der Waals surface area contributed by atoms with E-state index >= 15 is 0 Å². The number of nitrogens with two attached hydrogens (primary N) is 1. The van der Waals surface area contributed by atoms with Crippen LogP contribution in [0.3, 0.4) is 0 Å². The molecule has 1 aliphatic heterocycles. The fraction of sp³-hybridized carbons (Fsp3) is 0.346. The summed E-state index contributed by atoms with van der Waals surface area (Å²) in [7, 11) is 1.63. The van der Waals surface area contributed by atoms with Crippen LogP contribution in [-0.2, 0) is 0 Å². The summed E-state index contributed by atoms with van der Waals surface area (Å²) in [4.78, 5) is 2.31. The van der Waals surface area contributed by atoms with Gasteiger partial charge in [0.2, 0.25) is 0 Å². The van der Waals surface area contributed by atoms with Gasteiger partial charge in [-0.05, 0) is 35.6 Å². The van der Waals surface area contributed by atoms with Gasteiger partial charge in [0.1, 0.15) is 11.8 Å². The van der Waals surface area contributed by atoms with Crippen molar-refractivity contribution >= 4 is 10.8 Å². The van der Waals surface area contributed by atoms with Crippen LogP contribution in [0.15, 0.2) is 59.3 Å². The van der Waals surface area contributed by atoms with Crippen molar-refractivity contribution in [1.29, 1.82) is 15.8 Å². The lowest BCUT2D eigenvalue weighted by atomic mass is 9.57. The van der Waals surface area contributed by atoms with Gasteiger partial charge in [0.25, 0.3) is 0 Å². The Labute approximate surface area is 188 Å². The zero-order valence-corrected chi connectivity index (χ0v) is 18.3. The topological polar surface area (TPSA) is 110 Å². The van der Waals surface area contributed by atoms with E-state index in [2.05, 4.69) is 30.0 Å². The van der Waals surface area contributed by atoms with Gasteiger partial charge >= 0.3 is 0 Å². The Bertz CT molecular complexity index is 1240. The van der Waals surface area contributed by atoms with Crippen molar-refractivity contribution in [2.75, 3.05) is 26.7 Å². The second-order valence-corrected chi connectivity index (χ2v) is 8.34. The van der Waals surface area contributed by atoms with E-state index in [9.17, 15) is 15.8 Å². The lowest BCUT2D eigenvalue weighted by Crippen LogP contribution is -2.48. The molecule has 0 saturated carbocycles. The molecule has 0 amide bonds. The quantitative estimate of drug-likeness (QED) is 0.796. The summed E-state index contributed by atoms with van der Waals surface area (Å²) in [6.07, 6.45) is 3.05. The van der Waals surface area contributed by atoms with Crippen LogP contribution in [0.5, 0.6) is 5.75 Å². The molecule has 2 aromatic rings. The molecule has 2 aliphatic rings. The van der Waals surface area contributed by atoms with Crippen molar-refractivity contribution in [2.45, 2.75) is 19.3 Å². The highest BCUT2D eigenvalue weighted by Gasteiger charge is 2.54. The number of nitrogens with zero attached hydrogens (tertiary/aromatic N) is 4. The SMILES string of the molecule is CCCN1CC=C2C(C#N)=C(N)C(C#N)(C#N)[C@H](c3ccc(OC)c4ccccc34)[C@H]2C1. The highest BCUT2D eigenvalue weighted by molar-refractivity contribution is 5.92. The zero-order chi connectivity index (χ0) is 22.9. The molecule has 1 aliphatic carbocycles. The van der Waals surface area contributed by atoms with Gasteiger partial charge in [0.05, 0.1) is 30.5 Å². The van der Waals surface area contributed by atoms with Crippen LogP contribution in [0.2, 0.25) is 0 Å². The van der Waals surface area contributed by atoms with Crippen molar-refractivity contribution < 1.29 is 4.74 Å². The molecule has 0 fully saturated rings. The Morgan fingerprint density at radius 3 is 2.47 bits per heavy atom. The molecule has 0 bridgehead atoms. The molecule has 6 nitrogen and oxygen atoms in total. The predicted octanol–water partition coefficient (Wildman–Crippen LogP) is 3.98. The summed E-state index contributed by atoms with van der Waals surface area (Å²) in [6, 6.07) is 18.3. The highest BCUT2D eigenvalue weighted by Crippen LogP contribution is 2.55. The van der Waals surface area contributed by atoms with Gasteiger partial charge in [-0.3, -0.25) is 4.90 Å². The number of hydrogen-bond donors (Lipinski definition) is 1. The first kappa shape index (κ1) is 21.4. The van der Waals surface area contributed by atoms with E-state index < -0.39 is 11.3 Å². The van der Waals surface area contributed by atoms with Crippen LogP contribution < -0.4 is 10.5 Å². The molecular weight excluding hydrogens is 398 g/mol. The molecule has 2 N–H and O–H groups in total. The molecule has 0 saturated heterocycles. The lowest BCUT2D eigenvalue weighted by molar-refractivity contribution is 0.208. The fourth-order valence-electron chi connectivity index (χ4n) is 5.33. The number of methoxy groups -OCH3 is 1. The number of allylic oxidation sites excluding steroid dienone is 2. The first-order valence-corrected chi connectivity index (χ1v) is 10.8. The van der Waals surface area contributed by atoms with E-state index in [4.69, 9.17) is 10.5 Å². The van der Waals surface area contributed by atoms with Gasteiger partial charge in [-0.15, -0.1) is 0 Å². The zero-order valence-electron chi connectivity index (χ0n) is 18.3. The average molecular weight is 424 g/mol. The van der Waals surface area contributed by atoms with E-state index in [0.717, 1.165) is 47.2 Å². The van der Waals surface area contributed by atoms with Gasteiger partial charge in [-0.25, -0.2) is 0 Å². The summed E-state index contributed by atoms with van der Waals surface area (Å²) in [6.45, 7) is 4.42.